The molecule has 116 valence electrons. The van der Waals surface area contributed by atoms with Crippen LogP contribution in [0, 0.1) is 0 Å². The van der Waals surface area contributed by atoms with E-state index in [-0.39, 0.29) is 5.41 Å². The van der Waals surface area contributed by atoms with E-state index >= 15 is 0 Å². The molecule has 2 heterocycles. The highest BCUT2D eigenvalue weighted by Gasteiger charge is 2.57. The molecule has 2 aliphatic rings. The van der Waals surface area contributed by atoms with Gasteiger partial charge in [-0.1, -0.05) is 30.3 Å². The summed E-state index contributed by atoms with van der Waals surface area (Å²) in [6.07, 6.45) is 5.04. The monoisotopic (exact) mass is 305 g/mol. The Morgan fingerprint density at radius 2 is 1.87 bits per heavy atom. The maximum absolute atomic E-state index is 11.4. The minimum Gasteiger partial charge on any atom is -0.462 e. The largest absolute Gasteiger partial charge is 0.462 e. The van der Waals surface area contributed by atoms with Crippen molar-refractivity contribution in [3.05, 3.63) is 65.2 Å². The molecule has 2 aliphatic heterocycles. The highest BCUT2D eigenvalue weighted by atomic mass is 16.5. The number of carbonyl (C=O) groups is 1. The molecule has 3 nitrogen and oxygen atoms in total. The van der Waals surface area contributed by atoms with Gasteiger partial charge in [-0.2, -0.15) is 0 Å². The third-order valence-corrected chi connectivity index (χ3v) is 5.28. The molecule has 1 unspecified atom stereocenters. The van der Waals surface area contributed by atoms with Gasteiger partial charge in [0.05, 0.1) is 11.0 Å². The Hall–Kier alpha value is -2.55. The summed E-state index contributed by atoms with van der Waals surface area (Å²) in [6.45, 7) is 4.38. The van der Waals surface area contributed by atoms with E-state index in [1.54, 1.807) is 6.07 Å². The highest BCUT2D eigenvalue weighted by Crippen LogP contribution is 2.54. The van der Waals surface area contributed by atoms with Crippen LogP contribution in [0.5, 0.6) is 5.75 Å². The van der Waals surface area contributed by atoms with Gasteiger partial charge in [-0.3, -0.25) is 4.79 Å². The summed E-state index contributed by atoms with van der Waals surface area (Å²) in [5, 5.41) is 0. The number of aldehydes is 1. The van der Waals surface area contributed by atoms with Crippen LogP contribution in [0.2, 0.25) is 0 Å². The number of fused-ring (bicyclic) bond motifs is 2. The van der Waals surface area contributed by atoms with E-state index in [4.69, 9.17) is 4.74 Å². The Kier molecular flexibility index (Phi) is 2.74. The van der Waals surface area contributed by atoms with Crippen LogP contribution in [0.3, 0.4) is 0 Å². The fourth-order valence-electron chi connectivity index (χ4n) is 3.91. The van der Waals surface area contributed by atoms with Gasteiger partial charge in [0.15, 0.2) is 6.29 Å². The molecule has 0 aliphatic carbocycles. The number of para-hydroxylation sites is 2. The Balaban J connectivity index is 1.93. The van der Waals surface area contributed by atoms with Crippen molar-refractivity contribution in [2.24, 2.45) is 0 Å². The smallest absolute Gasteiger partial charge is 0.211 e. The second-order valence-corrected chi connectivity index (χ2v) is 6.72. The second kappa shape index (κ2) is 4.48. The number of rotatable bonds is 1. The molecule has 0 amide bonds. The van der Waals surface area contributed by atoms with Gasteiger partial charge in [0.25, 0.3) is 0 Å². The summed E-state index contributed by atoms with van der Waals surface area (Å²) < 4.78 is 6.52. The molecule has 3 heteroatoms. The molecule has 0 saturated carbocycles. The van der Waals surface area contributed by atoms with Crippen molar-refractivity contribution in [2.45, 2.75) is 25.0 Å². The van der Waals surface area contributed by atoms with Crippen molar-refractivity contribution in [1.82, 2.24) is 0 Å². The summed E-state index contributed by atoms with van der Waals surface area (Å²) in [7, 11) is 2.05. The summed E-state index contributed by atoms with van der Waals surface area (Å²) in [5.41, 5.74) is 3.06. The zero-order valence-corrected chi connectivity index (χ0v) is 13.5. The zero-order valence-electron chi connectivity index (χ0n) is 13.5. The van der Waals surface area contributed by atoms with Gasteiger partial charge >= 0.3 is 0 Å². The molecule has 0 bridgehead atoms. The number of ether oxygens (including phenoxy) is 1. The molecular formula is C20H19NO2. The van der Waals surface area contributed by atoms with Crippen LogP contribution in [0.15, 0.2) is 48.5 Å². The summed E-state index contributed by atoms with van der Waals surface area (Å²) >= 11 is 0. The molecule has 4 rings (SSSR count). The number of carbonyl (C=O) groups excluding carboxylic acids is 1. The Labute approximate surface area is 136 Å². The van der Waals surface area contributed by atoms with Gasteiger partial charge in [-0.15, -0.1) is 0 Å². The molecule has 1 spiro atoms. The van der Waals surface area contributed by atoms with Crippen LogP contribution in [-0.2, 0) is 5.41 Å². The van der Waals surface area contributed by atoms with Gasteiger partial charge in [-0.05, 0) is 43.7 Å². The van der Waals surface area contributed by atoms with Crippen LogP contribution in [0.4, 0.5) is 5.69 Å². The third-order valence-electron chi connectivity index (χ3n) is 5.28. The molecule has 0 saturated heterocycles. The lowest BCUT2D eigenvalue weighted by Gasteiger charge is -2.46. The van der Waals surface area contributed by atoms with E-state index in [1.807, 2.05) is 25.2 Å². The van der Waals surface area contributed by atoms with Gasteiger partial charge in [0, 0.05) is 18.3 Å². The average molecular weight is 305 g/mol. The molecular weight excluding hydrogens is 286 g/mol. The van der Waals surface area contributed by atoms with Crippen molar-refractivity contribution in [1.29, 1.82) is 0 Å². The molecule has 0 fully saturated rings. The average Bonchev–Trinajstić information content (AvgIpc) is 2.74. The molecule has 0 aromatic heterocycles. The molecule has 1 atom stereocenters. The molecule has 23 heavy (non-hydrogen) atoms. The fraction of sp³-hybridized carbons (Fsp3) is 0.250. The Morgan fingerprint density at radius 1 is 1.09 bits per heavy atom. The quantitative estimate of drug-likeness (QED) is 0.745. The molecule has 2 aromatic carbocycles. The van der Waals surface area contributed by atoms with E-state index in [0.717, 1.165) is 17.5 Å². The van der Waals surface area contributed by atoms with Crippen LogP contribution in [0.25, 0.3) is 6.08 Å². The van der Waals surface area contributed by atoms with Crippen LogP contribution in [0.1, 0.15) is 35.3 Å². The lowest BCUT2D eigenvalue weighted by molar-refractivity contribution is 0.0571. The number of likely N-dealkylation sites (N-methyl/N-ethyl adjacent to an activating group) is 1. The highest BCUT2D eigenvalue weighted by molar-refractivity contribution is 5.84. The summed E-state index contributed by atoms with van der Waals surface area (Å²) in [5.74, 6) is 0.665. The number of anilines is 1. The maximum atomic E-state index is 11.4. The first-order valence-corrected chi connectivity index (χ1v) is 7.81. The fourth-order valence-corrected chi connectivity index (χ4v) is 3.91. The van der Waals surface area contributed by atoms with Crippen molar-refractivity contribution < 1.29 is 9.53 Å². The number of hydrogen-bond acceptors (Lipinski definition) is 3. The van der Waals surface area contributed by atoms with Gasteiger partial charge in [0.2, 0.25) is 5.72 Å². The lowest BCUT2D eigenvalue weighted by atomic mass is 9.76. The minimum absolute atomic E-state index is 0.247. The second-order valence-electron chi connectivity index (χ2n) is 6.72. The van der Waals surface area contributed by atoms with Gasteiger partial charge in [-0.25, -0.2) is 0 Å². The van der Waals surface area contributed by atoms with Crippen molar-refractivity contribution >= 4 is 18.0 Å². The van der Waals surface area contributed by atoms with Crippen LogP contribution >= 0.6 is 0 Å². The third kappa shape index (κ3) is 1.62. The topological polar surface area (TPSA) is 29.5 Å². The predicted molar refractivity (Wildman–Crippen MR) is 92.1 cm³/mol. The lowest BCUT2D eigenvalue weighted by Crippen LogP contribution is -2.58. The minimum atomic E-state index is -0.636. The first kappa shape index (κ1) is 14.1. The standard InChI is InChI=1S/C20H19NO2/c1-19(2)16-9-4-5-10-17(16)21(3)20(19)12-11-14-7-6-8-15(13-22)18(14)23-20/h4-13H,1-3H3. The van der Waals surface area contributed by atoms with Crippen molar-refractivity contribution in [3.63, 3.8) is 0 Å². The zero-order chi connectivity index (χ0) is 16.2. The van der Waals surface area contributed by atoms with Crippen LogP contribution < -0.4 is 9.64 Å². The Morgan fingerprint density at radius 3 is 2.61 bits per heavy atom. The van der Waals surface area contributed by atoms with E-state index in [0.29, 0.717) is 11.3 Å². The predicted octanol–water partition coefficient (Wildman–Crippen LogP) is 4.03. The molecule has 0 radical (unpaired) electrons. The number of nitrogens with zero attached hydrogens (tertiary/aromatic N) is 1. The van der Waals surface area contributed by atoms with E-state index in [9.17, 15) is 4.79 Å². The van der Waals surface area contributed by atoms with E-state index in [2.05, 4.69) is 49.1 Å². The van der Waals surface area contributed by atoms with E-state index < -0.39 is 5.72 Å². The van der Waals surface area contributed by atoms with Gasteiger partial charge in [0.1, 0.15) is 5.75 Å². The van der Waals surface area contributed by atoms with Gasteiger partial charge < -0.3 is 9.64 Å². The number of benzene rings is 2. The van der Waals surface area contributed by atoms with E-state index in [1.165, 1.54) is 5.56 Å². The maximum Gasteiger partial charge on any atom is 0.211 e. The SMILES string of the molecule is CN1c2ccccc2C(C)(C)C12C=Cc1cccc(C=O)c1O2. The molecule has 2 aromatic rings. The summed E-state index contributed by atoms with van der Waals surface area (Å²) in [6, 6.07) is 14.0. The van der Waals surface area contributed by atoms with Crippen molar-refractivity contribution in [3.8, 4) is 5.75 Å². The molecule has 0 N–H and O–H groups in total. The summed E-state index contributed by atoms with van der Waals surface area (Å²) in [4.78, 5) is 13.6. The first-order valence-electron chi connectivity index (χ1n) is 7.81. The Bertz CT molecular complexity index is 837. The van der Waals surface area contributed by atoms with Crippen LogP contribution in [-0.4, -0.2) is 19.1 Å². The first-order chi connectivity index (χ1) is 11.0. The normalized spacial score (nSPS) is 23.3. The number of hydrogen-bond donors (Lipinski definition) is 0. The van der Waals surface area contributed by atoms with Crippen molar-refractivity contribution in [2.75, 3.05) is 11.9 Å².